The Kier molecular flexibility index (Phi) is 6.24. The number of nitrogens with zero attached hydrogens (tertiary/aromatic N) is 1. The molecule has 1 saturated heterocycles. The topological polar surface area (TPSA) is 75.7 Å². The number of benzene rings is 3. The van der Waals surface area contributed by atoms with E-state index in [1.165, 1.54) is 18.2 Å². The molecule has 1 fully saturated rings. The number of carbonyl (C=O) groups is 3. The fraction of sp³-hybridized carbons (Fsp3) is 0.0800. The zero-order valence-corrected chi connectivity index (χ0v) is 18.2. The van der Waals surface area contributed by atoms with Crippen molar-refractivity contribution in [2.24, 2.45) is 0 Å². The predicted octanol–water partition coefficient (Wildman–Crippen LogP) is 5.03. The zero-order chi connectivity index (χ0) is 23.5. The van der Waals surface area contributed by atoms with Crippen LogP contribution in [0, 0.1) is 12.7 Å². The first-order valence-corrected chi connectivity index (χ1v) is 10.4. The summed E-state index contributed by atoms with van der Waals surface area (Å²) in [5.74, 6) is -1.68. The van der Waals surface area contributed by atoms with Crippen molar-refractivity contribution in [3.63, 3.8) is 0 Å². The number of hydrogen-bond acceptors (Lipinski definition) is 4. The van der Waals surface area contributed by atoms with Gasteiger partial charge in [0.25, 0.3) is 11.8 Å². The molecule has 4 rings (SSSR count). The van der Waals surface area contributed by atoms with Gasteiger partial charge in [-0.25, -0.2) is 14.1 Å². The van der Waals surface area contributed by atoms with Crippen molar-refractivity contribution in [2.45, 2.75) is 13.5 Å². The predicted molar refractivity (Wildman–Crippen MR) is 122 cm³/mol. The van der Waals surface area contributed by atoms with Crippen molar-refractivity contribution in [1.29, 1.82) is 0 Å². The second-order valence-electron chi connectivity index (χ2n) is 7.31. The van der Waals surface area contributed by atoms with E-state index in [0.29, 0.717) is 27.5 Å². The molecule has 0 atom stereocenters. The SMILES string of the molecule is Cc1ccc(Cl)cc1N1C(=O)NC(=O)/C(=C\c2ccccc2OCc2ccccc2F)C1=O. The highest BCUT2D eigenvalue weighted by molar-refractivity contribution is 6.39. The molecule has 1 aliphatic rings. The Morgan fingerprint density at radius 3 is 2.55 bits per heavy atom. The number of barbiturate groups is 1. The quantitative estimate of drug-likeness (QED) is 0.424. The number of ether oxygens (including phenoxy) is 1. The monoisotopic (exact) mass is 464 g/mol. The van der Waals surface area contributed by atoms with Gasteiger partial charge in [0.2, 0.25) is 0 Å². The number of amides is 4. The number of para-hydroxylation sites is 1. The summed E-state index contributed by atoms with van der Waals surface area (Å²) in [6.45, 7) is 1.68. The molecule has 3 aromatic rings. The third-order valence-electron chi connectivity index (χ3n) is 5.07. The number of rotatable bonds is 5. The first-order valence-electron chi connectivity index (χ1n) is 9.98. The van der Waals surface area contributed by atoms with Crippen LogP contribution >= 0.6 is 11.6 Å². The van der Waals surface area contributed by atoms with Crippen LogP contribution in [0.5, 0.6) is 5.75 Å². The van der Waals surface area contributed by atoms with Crippen LogP contribution in [0.25, 0.3) is 6.08 Å². The molecule has 3 aromatic carbocycles. The molecule has 1 heterocycles. The Hall–Kier alpha value is -3.97. The van der Waals surface area contributed by atoms with E-state index in [1.807, 2.05) is 0 Å². The molecule has 33 heavy (non-hydrogen) atoms. The summed E-state index contributed by atoms with van der Waals surface area (Å²) in [4.78, 5) is 39.1. The molecule has 1 aliphatic heterocycles. The third-order valence-corrected chi connectivity index (χ3v) is 5.31. The van der Waals surface area contributed by atoms with Gasteiger partial charge < -0.3 is 4.74 Å². The van der Waals surface area contributed by atoms with Crippen molar-refractivity contribution in [2.75, 3.05) is 4.90 Å². The highest BCUT2D eigenvalue weighted by atomic mass is 35.5. The Bertz CT molecular complexity index is 1310. The molecule has 0 radical (unpaired) electrons. The maximum atomic E-state index is 13.9. The number of aryl methyl sites for hydroxylation is 1. The molecule has 8 heteroatoms. The Morgan fingerprint density at radius 1 is 1.03 bits per heavy atom. The van der Waals surface area contributed by atoms with Crippen molar-refractivity contribution < 1.29 is 23.5 Å². The van der Waals surface area contributed by atoms with Gasteiger partial charge in [0.1, 0.15) is 23.7 Å². The van der Waals surface area contributed by atoms with Gasteiger partial charge in [-0.15, -0.1) is 0 Å². The molecule has 166 valence electrons. The van der Waals surface area contributed by atoms with E-state index in [1.54, 1.807) is 61.5 Å². The van der Waals surface area contributed by atoms with E-state index in [2.05, 4.69) is 5.32 Å². The summed E-state index contributed by atoms with van der Waals surface area (Å²) in [6.07, 6.45) is 1.34. The van der Waals surface area contributed by atoms with Crippen LogP contribution in [0.4, 0.5) is 14.9 Å². The molecule has 0 aliphatic carbocycles. The Labute approximate surface area is 194 Å². The van der Waals surface area contributed by atoms with Crippen LogP contribution in [0.15, 0.2) is 72.3 Å². The van der Waals surface area contributed by atoms with E-state index in [0.717, 1.165) is 4.90 Å². The molecular weight excluding hydrogens is 447 g/mol. The van der Waals surface area contributed by atoms with E-state index >= 15 is 0 Å². The largest absolute Gasteiger partial charge is 0.488 e. The molecule has 4 amide bonds. The second kappa shape index (κ2) is 9.26. The van der Waals surface area contributed by atoms with Crippen molar-refractivity contribution in [1.82, 2.24) is 5.32 Å². The van der Waals surface area contributed by atoms with Gasteiger partial charge >= 0.3 is 6.03 Å². The van der Waals surface area contributed by atoms with Crippen molar-refractivity contribution in [3.8, 4) is 5.75 Å². The molecular formula is C25H18ClFN2O4. The molecule has 1 N–H and O–H groups in total. The summed E-state index contributed by atoms with van der Waals surface area (Å²) < 4.78 is 19.7. The fourth-order valence-electron chi connectivity index (χ4n) is 3.36. The number of hydrogen-bond donors (Lipinski definition) is 1. The molecule has 0 bridgehead atoms. The van der Waals surface area contributed by atoms with Crippen LogP contribution < -0.4 is 15.0 Å². The minimum Gasteiger partial charge on any atom is -0.488 e. The van der Waals surface area contributed by atoms with Crippen molar-refractivity contribution >= 4 is 41.2 Å². The van der Waals surface area contributed by atoms with Crippen LogP contribution in [-0.2, 0) is 16.2 Å². The highest BCUT2D eigenvalue weighted by Gasteiger charge is 2.37. The van der Waals surface area contributed by atoms with E-state index in [9.17, 15) is 18.8 Å². The lowest BCUT2D eigenvalue weighted by molar-refractivity contribution is -0.122. The Morgan fingerprint density at radius 2 is 1.76 bits per heavy atom. The van der Waals surface area contributed by atoms with Crippen LogP contribution in [0.1, 0.15) is 16.7 Å². The first kappa shape index (κ1) is 22.2. The van der Waals surface area contributed by atoms with Gasteiger partial charge in [-0.05, 0) is 42.8 Å². The number of halogens is 2. The molecule has 0 unspecified atom stereocenters. The summed E-state index contributed by atoms with van der Waals surface area (Å²) in [5.41, 5.74) is 1.43. The molecule has 0 saturated carbocycles. The van der Waals surface area contributed by atoms with Crippen molar-refractivity contribution in [3.05, 3.63) is 99.8 Å². The lowest BCUT2D eigenvalue weighted by atomic mass is 10.0. The zero-order valence-electron chi connectivity index (χ0n) is 17.5. The maximum Gasteiger partial charge on any atom is 0.335 e. The normalized spacial score (nSPS) is 15.1. The molecule has 0 spiro atoms. The smallest absolute Gasteiger partial charge is 0.335 e. The standard InChI is InChI=1S/C25H18ClFN2O4/c1-15-10-11-18(26)13-21(15)29-24(31)19(23(30)28-25(29)32)12-16-6-3-5-9-22(16)33-14-17-7-2-4-8-20(17)27/h2-13H,14H2,1H3,(H,28,30,32)/b19-12+. The van der Waals surface area contributed by atoms with Gasteiger partial charge in [0.15, 0.2) is 0 Å². The maximum absolute atomic E-state index is 13.9. The number of carbonyl (C=O) groups excluding carboxylic acids is 3. The third kappa shape index (κ3) is 4.63. The summed E-state index contributed by atoms with van der Waals surface area (Å²) >= 11 is 6.05. The van der Waals surface area contributed by atoms with E-state index < -0.39 is 23.7 Å². The second-order valence-corrected chi connectivity index (χ2v) is 7.74. The Balaban J connectivity index is 1.67. The average molecular weight is 465 g/mol. The minimum atomic E-state index is -0.864. The van der Waals surface area contributed by atoms with Gasteiger partial charge in [0.05, 0.1) is 5.69 Å². The molecule has 0 aromatic heterocycles. The minimum absolute atomic E-state index is 0.0423. The van der Waals surface area contributed by atoms with Crippen LogP contribution in [0.3, 0.4) is 0 Å². The van der Waals surface area contributed by atoms with Crippen LogP contribution in [0.2, 0.25) is 5.02 Å². The number of anilines is 1. The van der Waals surface area contributed by atoms with E-state index in [-0.39, 0.29) is 17.9 Å². The van der Waals surface area contributed by atoms with Gasteiger partial charge in [-0.2, -0.15) is 0 Å². The summed E-state index contributed by atoms with van der Waals surface area (Å²) in [7, 11) is 0. The lowest BCUT2D eigenvalue weighted by Gasteiger charge is -2.27. The lowest BCUT2D eigenvalue weighted by Crippen LogP contribution is -2.54. The first-order chi connectivity index (χ1) is 15.8. The number of nitrogens with one attached hydrogen (secondary N) is 1. The van der Waals surface area contributed by atoms with Crippen LogP contribution in [-0.4, -0.2) is 17.8 Å². The van der Waals surface area contributed by atoms with E-state index in [4.69, 9.17) is 16.3 Å². The number of urea groups is 1. The number of imide groups is 2. The van der Waals surface area contributed by atoms with Gasteiger partial charge in [-0.3, -0.25) is 14.9 Å². The fourth-order valence-corrected chi connectivity index (χ4v) is 3.52. The molecule has 6 nitrogen and oxygen atoms in total. The van der Waals surface area contributed by atoms with Gasteiger partial charge in [0, 0.05) is 16.1 Å². The summed E-state index contributed by atoms with van der Waals surface area (Å²) in [5, 5.41) is 2.52. The van der Waals surface area contributed by atoms with Gasteiger partial charge in [-0.1, -0.05) is 54.1 Å². The summed E-state index contributed by atoms with van der Waals surface area (Å²) in [6, 6.07) is 16.9. The highest BCUT2D eigenvalue weighted by Crippen LogP contribution is 2.29. The average Bonchev–Trinajstić information content (AvgIpc) is 2.79.